The summed E-state index contributed by atoms with van der Waals surface area (Å²) in [6.45, 7) is 7.91. The highest BCUT2D eigenvalue weighted by molar-refractivity contribution is 5.94. The Balaban J connectivity index is 0.00000218. The number of nitrogens with one attached hydrogen (secondary N) is 1. The second-order valence-electron chi connectivity index (χ2n) is 5.79. The van der Waals surface area contributed by atoms with E-state index in [4.69, 9.17) is 0 Å². The number of carbonyl (C=O) groups excluding carboxylic acids is 1. The number of anilines is 1. The zero-order chi connectivity index (χ0) is 22.8. The van der Waals surface area contributed by atoms with Crippen LogP contribution in [0.1, 0.15) is 32.0 Å². The summed E-state index contributed by atoms with van der Waals surface area (Å²) >= 11 is 0. The van der Waals surface area contributed by atoms with Crippen LogP contribution >= 0.6 is 0 Å². The number of guanidine groups is 1. The molecule has 0 spiro atoms. The second kappa shape index (κ2) is 11.7. The first kappa shape index (κ1) is 24.9. The number of hydrogen-bond donors (Lipinski definition) is 1. The van der Waals surface area contributed by atoms with Crippen LogP contribution in [0.4, 0.5) is 23.4 Å². The smallest absolute Gasteiger partial charge is 0.203 e. The Kier molecular flexibility index (Phi) is 9.73. The number of benzene rings is 1. The van der Waals surface area contributed by atoms with Crippen LogP contribution in [0.15, 0.2) is 35.2 Å². The summed E-state index contributed by atoms with van der Waals surface area (Å²) in [5, 5.41) is 7.21. The Hall–Kier alpha value is -3.17. The first-order valence-corrected chi connectivity index (χ1v) is 9.29. The van der Waals surface area contributed by atoms with Crippen LogP contribution in [0.2, 0.25) is 0 Å². The molecular formula is C20H25F4N5O. The largest absolute Gasteiger partial charge is 0.312 e. The Bertz CT molecular complexity index is 901. The molecule has 0 saturated heterocycles. The van der Waals surface area contributed by atoms with Gasteiger partial charge in [0, 0.05) is 25.9 Å². The Morgan fingerprint density at radius 3 is 2.33 bits per heavy atom. The zero-order valence-electron chi connectivity index (χ0n) is 17.5. The van der Waals surface area contributed by atoms with Gasteiger partial charge in [0.25, 0.3) is 0 Å². The molecule has 0 aliphatic rings. The van der Waals surface area contributed by atoms with Crippen LogP contribution < -0.4 is 5.32 Å². The summed E-state index contributed by atoms with van der Waals surface area (Å²) in [4.78, 5) is 15.9. The summed E-state index contributed by atoms with van der Waals surface area (Å²) < 4.78 is 55.5. The Morgan fingerprint density at radius 1 is 1.23 bits per heavy atom. The summed E-state index contributed by atoms with van der Waals surface area (Å²) in [6.07, 6.45) is 0.799. The minimum Gasteiger partial charge on any atom is -0.312 e. The normalized spacial score (nSPS) is 11.6. The minimum absolute atomic E-state index is 0.00878. The van der Waals surface area contributed by atoms with Gasteiger partial charge in [-0.3, -0.25) is 9.79 Å². The van der Waals surface area contributed by atoms with E-state index < -0.39 is 23.3 Å². The molecule has 1 N–H and O–H groups in total. The highest BCUT2D eigenvalue weighted by atomic mass is 19.2. The number of aldehydes is 1. The van der Waals surface area contributed by atoms with Crippen molar-refractivity contribution in [3.63, 3.8) is 0 Å². The average molecular weight is 427 g/mol. The van der Waals surface area contributed by atoms with Crippen LogP contribution in [-0.2, 0) is 17.9 Å². The number of aromatic nitrogens is 2. The molecule has 2 rings (SSSR count). The van der Waals surface area contributed by atoms with Gasteiger partial charge in [0.1, 0.15) is 5.82 Å². The van der Waals surface area contributed by atoms with E-state index in [1.807, 2.05) is 20.8 Å². The molecule has 0 aliphatic heterocycles. The monoisotopic (exact) mass is 427 g/mol. The first-order valence-electron chi connectivity index (χ1n) is 9.29. The lowest BCUT2D eigenvalue weighted by Crippen LogP contribution is -2.33. The van der Waals surface area contributed by atoms with Gasteiger partial charge in [0.15, 0.2) is 29.6 Å². The summed E-state index contributed by atoms with van der Waals surface area (Å²) in [6, 6.07) is 3.29. The van der Waals surface area contributed by atoms with Crippen LogP contribution in [0.5, 0.6) is 0 Å². The molecule has 1 aromatic carbocycles. The van der Waals surface area contributed by atoms with Crippen molar-refractivity contribution in [2.24, 2.45) is 4.99 Å². The average Bonchev–Trinajstić information content (AvgIpc) is 3.10. The van der Waals surface area contributed by atoms with E-state index in [9.17, 15) is 22.4 Å². The minimum atomic E-state index is -1.60. The fraction of sp³-hybridized carbons (Fsp3) is 0.350. The molecule has 0 aliphatic carbocycles. The molecule has 2 aromatic rings. The Labute approximate surface area is 172 Å². The van der Waals surface area contributed by atoms with Crippen LogP contribution in [0.25, 0.3) is 0 Å². The molecule has 1 aromatic heterocycles. The van der Waals surface area contributed by atoms with Crippen molar-refractivity contribution in [2.75, 3.05) is 12.4 Å². The number of aryl methyl sites for hydroxylation is 2. The fourth-order valence-corrected chi connectivity index (χ4v) is 2.51. The zero-order valence-corrected chi connectivity index (χ0v) is 17.5. The lowest BCUT2D eigenvalue weighted by molar-refractivity contribution is -0.106. The number of nitrogens with zero attached hydrogens (tertiary/aromatic N) is 4. The third-order valence-corrected chi connectivity index (χ3v) is 3.71. The molecule has 164 valence electrons. The number of halogens is 4. The van der Waals surface area contributed by atoms with Crippen molar-refractivity contribution in [1.82, 2.24) is 14.7 Å². The van der Waals surface area contributed by atoms with Gasteiger partial charge in [-0.1, -0.05) is 13.8 Å². The summed E-state index contributed by atoms with van der Waals surface area (Å²) in [5.41, 5.74) is 0.734. The molecule has 0 fully saturated rings. The third-order valence-electron chi connectivity index (χ3n) is 3.71. The van der Waals surface area contributed by atoms with E-state index in [0.717, 1.165) is 28.9 Å². The van der Waals surface area contributed by atoms with Gasteiger partial charge < -0.3 is 10.2 Å². The van der Waals surface area contributed by atoms with Crippen LogP contribution in [-0.4, -0.2) is 34.0 Å². The number of allylic oxidation sites excluding steroid dienone is 1. The van der Waals surface area contributed by atoms with E-state index in [2.05, 4.69) is 15.4 Å². The molecule has 0 unspecified atom stereocenters. The quantitative estimate of drug-likeness (QED) is 0.183. The van der Waals surface area contributed by atoms with Gasteiger partial charge in [-0.05, 0) is 31.5 Å². The molecule has 0 bridgehead atoms. The predicted octanol–water partition coefficient (Wildman–Crippen LogP) is 4.56. The SMILES string of the molecule is CC.CCn1nc(C)cc1NC(=NC)N(/C=C(/F)C=O)Cc1cc(F)c(F)c(F)c1. The van der Waals surface area contributed by atoms with Crippen molar-refractivity contribution >= 4 is 18.1 Å². The third kappa shape index (κ3) is 6.43. The predicted molar refractivity (Wildman–Crippen MR) is 108 cm³/mol. The van der Waals surface area contributed by atoms with Gasteiger partial charge >= 0.3 is 0 Å². The van der Waals surface area contributed by atoms with Gasteiger partial charge in [-0.15, -0.1) is 0 Å². The molecule has 0 atom stereocenters. The number of carbonyl (C=O) groups is 1. The molecule has 0 saturated carbocycles. The molecule has 0 amide bonds. The topological polar surface area (TPSA) is 62.5 Å². The van der Waals surface area contributed by atoms with Gasteiger partial charge in [0.2, 0.25) is 5.96 Å². The van der Waals surface area contributed by atoms with Crippen LogP contribution in [0.3, 0.4) is 0 Å². The second-order valence-corrected chi connectivity index (χ2v) is 5.79. The number of aliphatic imine (C=N–C) groups is 1. The van der Waals surface area contributed by atoms with Crippen molar-refractivity contribution in [1.29, 1.82) is 0 Å². The molecule has 1 heterocycles. The first-order chi connectivity index (χ1) is 14.3. The maximum absolute atomic E-state index is 13.6. The van der Waals surface area contributed by atoms with Gasteiger partial charge in [0.05, 0.1) is 12.2 Å². The summed E-state index contributed by atoms with van der Waals surface area (Å²) in [5.74, 6) is -4.87. The molecule has 0 radical (unpaired) electrons. The number of rotatable bonds is 6. The highest BCUT2D eigenvalue weighted by Gasteiger charge is 2.17. The fourth-order valence-electron chi connectivity index (χ4n) is 2.51. The highest BCUT2D eigenvalue weighted by Crippen LogP contribution is 2.17. The summed E-state index contributed by atoms with van der Waals surface area (Å²) in [7, 11) is 1.41. The maximum Gasteiger partial charge on any atom is 0.203 e. The Morgan fingerprint density at radius 2 is 1.83 bits per heavy atom. The number of hydrogen-bond acceptors (Lipinski definition) is 3. The van der Waals surface area contributed by atoms with Gasteiger partial charge in [-0.25, -0.2) is 22.2 Å². The standard InChI is InChI=1S/C18H19F4N5O.C2H6/c1-4-27-16(5-11(2)25-27)24-18(23-3)26(9-13(19)10-28)8-12-6-14(20)17(22)15(21)7-12;1-2/h5-7,9-10H,4,8H2,1-3H3,(H,23,24);1-2H3/b13-9+;. The van der Waals surface area contributed by atoms with E-state index in [1.54, 1.807) is 17.7 Å². The van der Waals surface area contributed by atoms with Gasteiger partial charge in [-0.2, -0.15) is 5.10 Å². The molecule has 30 heavy (non-hydrogen) atoms. The van der Waals surface area contributed by atoms with Crippen molar-refractivity contribution in [2.45, 2.75) is 40.8 Å². The van der Waals surface area contributed by atoms with Crippen LogP contribution in [0, 0.1) is 24.4 Å². The van der Waals surface area contributed by atoms with E-state index in [-0.39, 0.29) is 24.4 Å². The van der Waals surface area contributed by atoms with Crippen molar-refractivity contribution in [3.8, 4) is 0 Å². The van der Waals surface area contributed by atoms with E-state index in [0.29, 0.717) is 12.4 Å². The molecule has 10 heteroatoms. The molecular weight excluding hydrogens is 402 g/mol. The van der Waals surface area contributed by atoms with E-state index >= 15 is 0 Å². The van der Waals surface area contributed by atoms with E-state index in [1.165, 1.54) is 7.05 Å². The van der Waals surface area contributed by atoms with Crippen molar-refractivity contribution in [3.05, 3.63) is 58.9 Å². The van der Waals surface area contributed by atoms with Crippen molar-refractivity contribution < 1.29 is 22.4 Å². The maximum atomic E-state index is 13.6. The lowest BCUT2D eigenvalue weighted by Gasteiger charge is -2.23. The lowest BCUT2D eigenvalue weighted by atomic mass is 10.2. The molecule has 6 nitrogen and oxygen atoms in total.